The third-order valence-corrected chi connectivity index (χ3v) is 6.77. The molecule has 29 heavy (non-hydrogen) atoms. The number of H-pyrrole nitrogens is 1. The molecule has 9 nitrogen and oxygen atoms in total. The summed E-state index contributed by atoms with van der Waals surface area (Å²) in [5, 5.41) is 12.1. The number of pyridine rings is 1. The smallest absolute Gasteiger partial charge is 0.356 e. The van der Waals surface area contributed by atoms with Crippen LogP contribution in [0.15, 0.2) is 24.7 Å². The standard InChI is InChI=1S/C17H18ClFN5O4P/c18-9-4-11-12(7-21-14(11)20-6-9)15-22-8-13(19)16(24-15)23-10-2-1-3-17(25,5-10)29(26,27)28/h4,6-8,10,25H,1-3,5H2,(H,20,21)(H,22,23,24)(H2,26,27,28)/t10-,17-/m0/s1. The first kappa shape index (κ1) is 20.2. The molecule has 1 aliphatic rings. The summed E-state index contributed by atoms with van der Waals surface area (Å²) in [4.78, 5) is 34.3. The van der Waals surface area contributed by atoms with Crippen LogP contribution in [0.2, 0.25) is 5.02 Å². The second kappa shape index (κ2) is 7.30. The van der Waals surface area contributed by atoms with E-state index in [1.165, 1.54) is 6.20 Å². The van der Waals surface area contributed by atoms with Crippen LogP contribution in [0.1, 0.15) is 25.7 Å². The van der Waals surface area contributed by atoms with Crippen LogP contribution in [0, 0.1) is 5.82 Å². The van der Waals surface area contributed by atoms with Crippen molar-refractivity contribution in [2.75, 3.05) is 5.32 Å². The van der Waals surface area contributed by atoms with Gasteiger partial charge in [0.25, 0.3) is 0 Å². The number of nitrogens with one attached hydrogen (secondary N) is 2. The molecule has 1 aliphatic carbocycles. The SMILES string of the molecule is O=P(O)(O)[C@@]1(O)CCC[C@H](Nc2nc(-c3c[nH]c4ncc(Cl)cc34)ncc2F)C1. The molecule has 0 saturated heterocycles. The van der Waals surface area contributed by atoms with Gasteiger partial charge in [-0.1, -0.05) is 11.6 Å². The zero-order chi connectivity index (χ0) is 20.8. The average molecular weight is 442 g/mol. The first-order valence-corrected chi connectivity index (χ1v) is 10.9. The van der Waals surface area contributed by atoms with Gasteiger partial charge in [0, 0.05) is 35.8 Å². The monoisotopic (exact) mass is 441 g/mol. The summed E-state index contributed by atoms with van der Waals surface area (Å²) in [5.41, 5.74) is 1.15. The van der Waals surface area contributed by atoms with E-state index in [1.807, 2.05) is 0 Å². The van der Waals surface area contributed by atoms with Gasteiger partial charge in [-0.25, -0.2) is 19.3 Å². The predicted octanol–water partition coefficient (Wildman–Crippen LogP) is 3.03. The van der Waals surface area contributed by atoms with Gasteiger partial charge < -0.3 is 25.2 Å². The van der Waals surface area contributed by atoms with E-state index in [0.717, 1.165) is 6.20 Å². The fourth-order valence-electron chi connectivity index (χ4n) is 3.57. The molecule has 0 aromatic carbocycles. The first-order chi connectivity index (χ1) is 13.7. The van der Waals surface area contributed by atoms with Crippen molar-refractivity contribution in [3.63, 3.8) is 0 Å². The van der Waals surface area contributed by atoms with Crippen LogP contribution in [-0.4, -0.2) is 46.2 Å². The molecule has 3 heterocycles. The van der Waals surface area contributed by atoms with Gasteiger partial charge in [0.15, 0.2) is 22.8 Å². The summed E-state index contributed by atoms with van der Waals surface area (Å²) in [6.07, 6.45) is 4.80. The highest BCUT2D eigenvalue weighted by molar-refractivity contribution is 7.53. The molecular weight excluding hydrogens is 424 g/mol. The molecule has 12 heteroatoms. The molecule has 3 aromatic heterocycles. The molecule has 1 fully saturated rings. The number of aliphatic hydroxyl groups is 1. The summed E-state index contributed by atoms with van der Waals surface area (Å²) >= 11 is 6.01. The van der Waals surface area contributed by atoms with Crippen molar-refractivity contribution in [2.24, 2.45) is 0 Å². The van der Waals surface area contributed by atoms with Crippen LogP contribution in [-0.2, 0) is 4.57 Å². The van der Waals surface area contributed by atoms with Crippen molar-refractivity contribution in [1.82, 2.24) is 19.9 Å². The van der Waals surface area contributed by atoms with Crippen molar-refractivity contribution in [1.29, 1.82) is 0 Å². The van der Waals surface area contributed by atoms with Gasteiger partial charge in [0.2, 0.25) is 0 Å². The van der Waals surface area contributed by atoms with E-state index in [9.17, 15) is 23.8 Å². The molecule has 2 atom stereocenters. The Morgan fingerprint density at radius 2 is 2.14 bits per heavy atom. The van der Waals surface area contributed by atoms with Gasteiger partial charge in [0.05, 0.1) is 11.2 Å². The molecule has 3 aromatic rings. The minimum atomic E-state index is -4.72. The molecule has 154 valence electrons. The summed E-state index contributed by atoms with van der Waals surface area (Å²) in [7, 11) is -4.72. The summed E-state index contributed by atoms with van der Waals surface area (Å²) in [5.74, 6) is -0.598. The topological polar surface area (TPSA) is 144 Å². The first-order valence-electron chi connectivity index (χ1n) is 8.86. The van der Waals surface area contributed by atoms with Crippen molar-refractivity contribution in [2.45, 2.75) is 37.1 Å². The molecule has 4 rings (SSSR count). The van der Waals surface area contributed by atoms with E-state index in [4.69, 9.17) is 11.6 Å². The zero-order valence-corrected chi connectivity index (χ0v) is 16.7. The number of hydrogen-bond acceptors (Lipinski definition) is 6. The third-order valence-electron chi connectivity index (χ3n) is 5.07. The van der Waals surface area contributed by atoms with E-state index in [-0.39, 0.29) is 24.5 Å². The van der Waals surface area contributed by atoms with E-state index in [2.05, 4.69) is 25.3 Å². The van der Waals surface area contributed by atoms with Crippen LogP contribution in [0.25, 0.3) is 22.4 Å². The lowest BCUT2D eigenvalue weighted by Crippen LogP contribution is -2.40. The highest BCUT2D eigenvalue weighted by Crippen LogP contribution is 2.56. The van der Waals surface area contributed by atoms with Crippen molar-refractivity contribution < 1.29 is 23.8 Å². The number of nitrogens with zero attached hydrogens (tertiary/aromatic N) is 3. The molecule has 0 radical (unpaired) electrons. The molecule has 0 spiro atoms. The van der Waals surface area contributed by atoms with Gasteiger partial charge in [-0.05, 0) is 25.3 Å². The molecule has 5 N–H and O–H groups in total. The van der Waals surface area contributed by atoms with Gasteiger partial charge in [-0.15, -0.1) is 0 Å². The predicted molar refractivity (Wildman–Crippen MR) is 105 cm³/mol. The maximum atomic E-state index is 14.3. The molecule has 1 saturated carbocycles. The van der Waals surface area contributed by atoms with E-state index in [0.29, 0.717) is 34.5 Å². The molecule has 0 bridgehead atoms. The molecule has 0 amide bonds. The fourth-order valence-corrected chi connectivity index (χ4v) is 4.64. The Hall–Kier alpha value is -2.10. The number of anilines is 1. The Bertz CT molecular complexity index is 1120. The second-order valence-corrected chi connectivity index (χ2v) is 9.46. The lowest BCUT2D eigenvalue weighted by atomic mass is 9.92. The van der Waals surface area contributed by atoms with Crippen LogP contribution in [0.4, 0.5) is 10.2 Å². The van der Waals surface area contributed by atoms with Gasteiger partial charge >= 0.3 is 7.60 Å². The van der Waals surface area contributed by atoms with Crippen LogP contribution in [0.5, 0.6) is 0 Å². The minimum Gasteiger partial charge on any atom is -0.377 e. The molecular formula is C17H18ClFN5O4P. The average Bonchev–Trinajstić information content (AvgIpc) is 3.06. The summed E-state index contributed by atoms with van der Waals surface area (Å²) in [6.45, 7) is 0. The molecule has 0 aliphatic heterocycles. The van der Waals surface area contributed by atoms with Crippen LogP contribution in [0.3, 0.4) is 0 Å². The van der Waals surface area contributed by atoms with E-state index >= 15 is 0 Å². The summed E-state index contributed by atoms with van der Waals surface area (Å²) < 4.78 is 26.0. The lowest BCUT2D eigenvalue weighted by Gasteiger charge is -2.37. The van der Waals surface area contributed by atoms with Crippen LogP contribution >= 0.6 is 19.2 Å². The fraction of sp³-hybridized carbons (Fsp3) is 0.353. The second-order valence-electron chi connectivity index (χ2n) is 7.11. The Balaban J connectivity index is 1.64. The number of hydrogen-bond donors (Lipinski definition) is 5. The highest BCUT2D eigenvalue weighted by Gasteiger charge is 2.48. The van der Waals surface area contributed by atoms with Crippen LogP contribution < -0.4 is 5.32 Å². The number of aromatic nitrogens is 4. The summed E-state index contributed by atoms with van der Waals surface area (Å²) in [6, 6.07) is 1.13. The maximum absolute atomic E-state index is 14.3. The molecule has 0 unspecified atom stereocenters. The van der Waals surface area contributed by atoms with Gasteiger partial charge in [0.1, 0.15) is 5.65 Å². The van der Waals surface area contributed by atoms with Crippen molar-refractivity contribution >= 4 is 36.0 Å². The lowest BCUT2D eigenvalue weighted by molar-refractivity contribution is 0.0506. The quantitative estimate of drug-likeness (QED) is 0.388. The minimum absolute atomic E-state index is 0.0178. The van der Waals surface area contributed by atoms with Gasteiger partial charge in [-0.2, -0.15) is 0 Å². The Labute approximate surface area is 169 Å². The van der Waals surface area contributed by atoms with E-state index < -0.39 is 24.8 Å². The normalized spacial score (nSPS) is 22.7. The Kier molecular flexibility index (Phi) is 5.08. The van der Waals surface area contributed by atoms with E-state index in [1.54, 1.807) is 12.3 Å². The Morgan fingerprint density at radius 1 is 1.34 bits per heavy atom. The number of halogens is 2. The van der Waals surface area contributed by atoms with Crippen molar-refractivity contribution in [3.8, 4) is 11.4 Å². The Morgan fingerprint density at radius 3 is 2.90 bits per heavy atom. The third kappa shape index (κ3) is 3.86. The maximum Gasteiger partial charge on any atom is 0.356 e. The highest BCUT2D eigenvalue weighted by atomic mass is 35.5. The zero-order valence-electron chi connectivity index (χ0n) is 15.0. The number of rotatable bonds is 4. The largest absolute Gasteiger partial charge is 0.377 e. The number of aromatic amines is 1. The van der Waals surface area contributed by atoms with Gasteiger partial charge in [-0.3, -0.25) is 4.57 Å². The van der Waals surface area contributed by atoms with Crippen molar-refractivity contribution in [3.05, 3.63) is 35.5 Å². The number of fused-ring (bicyclic) bond motifs is 1.